The minimum atomic E-state index is -0.583. The van der Waals surface area contributed by atoms with Crippen LogP contribution in [0, 0.1) is 0 Å². The molecule has 2 aliphatic heterocycles. The first-order chi connectivity index (χ1) is 8.91. The SMILES string of the molecule is CC1(C)OC2CCOC(CN(N)/C=C(\N)CO)C2O1. The van der Waals surface area contributed by atoms with E-state index < -0.39 is 5.79 Å². The molecule has 2 saturated heterocycles. The molecule has 2 heterocycles. The fourth-order valence-corrected chi connectivity index (χ4v) is 2.50. The number of aliphatic hydroxyl groups is 1. The Labute approximate surface area is 113 Å². The Morgan fingerprint density at radius 3 is 2.89 bits per heavy atom. The molecule has 0 amide bonds. The van der Waals surface area contributed by atoms with Crippen molar-refractivity contribution in [3.63, 3.8) is 0 Å². The molecule has 2 fully saturated rings. The van der Waals surface area contributed by atoms with E-state index >= 15 is 0 Å². The summed E-state index contributed by atoms with van der Waals surface area (Å²) >= 11 is 0. The van der Waals surface area contributed by atoms with Crippen LogP contribution in [-0.2, 0) is 14.2 Å². The van der Waals surface area contributed by atoms with Gasteiger partial charge >= 0.3 is 0 Å². The van der Waals surface area contributed by atoms with Crippen LogP contribution in [0.4, 0.5) is 0 Å². The van der Waals surface area contributed by atoms with Crippen LogP contribution >= 0.6 is 0 Å². The van der Waals surface area contributed by atoms with Crippen LogP contribution in [0.3, 0.4) is 0 Å². The van der Waals surface area contributed by atoms with Crippen LogP contribution in [-0.4, -0.2) is 54.0 Å². The second kappa shape index (κ2) is 5.64. The molecule has 7 nitrogen and oxygen atoms in total. The quantitative estimate of drug-likeness (QED) is 0.458. The molecule has 110 valence electrons. The first-order valence-corrected chi connectivity index (χ1v) is 6.47. The molecule has 0 aromatic carbocycles. The van der Waals surface area contributed by atoms with Crippen LogP contribution in [0.5, 0.6) is 0 Å². The van der Waals surface area contributed by atoms with Gasteiger partial charge in [0.1, 0.15) is 12.2 Å². The molecule has 3 atom stereocenters. The van der Waals surface area contributed by atoms with Gasteiger partial charge in [-0.1, -0.05) is 0 Å². The van der Waals surface area contributed by atoms with Crippen LogP contribution in [0.25, 0.3) is 0 Å². The van der Waals surface area contributed by atoms with Crippen molar-refractivity contribution in [2.45, 2.75) is 44.4 Å². The van der Waals surface area contributed by atoms with Gasteiger partial charge in [-0.3, -0.25) is 0 Å². The zero-order chi connectivity index (χ0) is 14.0. The third-order valence-corrected chi connectivity index (χ3v) is 3.23. The maximum atomic E-state index is 8.86. The number of hydrogen-bond acceptors (Lipinski definition) is 7. The molecule has 2 rings (SSSR count). The fourth-order valence-electron chi connectivity index (χ4n) is 2.50. The monoisotopic (exact) mass is 273 g/mol. The predicted octanol–water partition coefficient (Wildman–Crippen LogP) is -0.736. The zero-order valence-corrected chi connectivity index (χ0v) is 11.4. The van der Waals surface area contributed by atoms with Crippen molar-refractivity contribution >= 4 is 0 Å². The van der Waals surface area contributed by atoms with Crippen LogP contribution < -0.4 is 11.6 Å². The first-order valence-electron chi connectivity index (χ1n) is 6.47. The van der Waals surface area contributed by atoms with Gasteiger partial charge < -0.3 is 30.1 Å². The van der Waals surface area contributed by atoms with E-state index in [9.17, 15) is 0 Å². The highest BCUT2D eigenvalue weighted by molar-refractivity contribution is 4.97. The van der Waals surface area contributed by atoms with E-state index in [1.54, 1.807) is 0 Å². The Kier molecular flexibility index (Phi) is 4.32. The summed E-state index contributed by atoms with van der Waals surface area (Å²) in [5.74, 6) is 5.24. The van der Waals surface area contributed by atoms with Crippen molar-refractivity contribution in [3.05, 3.63) is 11.9 Å². The van der Waals surface area contributed by atoms with E-state index in [1.165, 1.54) is 11.2 Å². The molecule has 0 radical (unpaired) electrons. The lowest BCUT2D eigenvalue weighted by molar-refractivity contribution is -0.154. The number of nitrogens with zero attached hydrogens (tertiary/aromatic N) is 1. The van der Waals surface area contributed by atoms with Gasteiger partial charge in [-0.2, -0.15) is 0 Å². The highest BCUT2D eigenvalue weighted by atomic mass is 16.8. The van der Waals surface area contributed by atoms with Gasteiger partial charge in [0.15, 0.2) is 5.79 Å². The van der Waals surface area contributed by atoms with E-state index in [0.717, 1.165) is 6.42 Å². The molecular weight excluding hydrogens is 250 g/mol. The number of ether oxygens (including phenoxy) is 3. The standard InChI is InChI=1S/C12H23N3O4/c1-12(2)18-9-3-4-17-10(11(9)19-12)6-15(14)5-8(13)7-16/h5,9-11,16H,3-4,6-7,13-14H2,1-2H3/b8-5-. The van der Waals surface area contributed by atoms with Gasteiger partial charge in [0.25, 0.3) is 0 Å². The van der Waals surface area contributed by atoms with Crippen molar-refractivity contribution in [2.75, 3.05) is 19.8 Å². The van der Waals surface area contributed by atoms with Gasteiger partial charge in [0, 0.05) is 12.8 Å². The molecule has 0 saturated carbocycles. The molecular formula is C12H23N3O4. The lowest BCUT2D eigenvalue weighted by Crippen LogP contribution is -2.49. The molecule has 0 aromatic heterocycles. The molecule has 0 spiro atoms. The lowest BCUT2D eigenvalue weighted by Gasteiger charge is -2.33. The summed E-state index contributed by atoms with van der Waals surface area (Å²) in [4.78, 5) is 0. The van der Waals surface area contributed by atoms with Crippen molar-refractivity contribution < 1.29 is 19.3 Å². The Bertz CT molecular complexity index is 348. The highest BCUT2D eigenvalue weighted by Gasteiger charge is 2.47. The van der Waals surface area contributed by atoms with E-state index in [-0.39, 0.29) is 24.9 Å². The number of nitrogens with two attached hydrogens (primary N) is 2. The normalized spacial score (nSPS) is 34.1. The predicted molar refractivity (Wildman–Crippen MR) is 68.4 cm³/mol. The smallest absolute Gasteiger partial charge is 0.163 e. The maximum absolute atomic E-state index is 8.86. The summed E-state index contributed by atoms with van der Waals surface area (Å²) in [5, 5.41) is 10.3. The molecule has 5 N–H and O–H groups in total. The third-order valence-electron chi connectivity index (χ3n) is 3.23. The zero-order valence-electron chi connectivity index (χ0n) is 11.4. The molecule has 3 unspecified atom stereocenters. The number of hydrogen-bond donors (Lipinski definition) is 3. The number of hydrazine groups is 1. The number of aliphatic hydroxyl groups excluding tert-OH is 1. The van der Waals surface area contributed by atoms with E-state index in [2.05, 4.69) is 0 Å². The van der Waals surface area contributed by atoms with Crippen molar-refractivity contribution in [1.29, 1.82) is 0 Å². The van der Waals surface area contributed by atoms with Gasteiger partial charge in [-0.05, 0) is 20.3 Å². The molecule has 7 heteroatoms. The second-order valence-electron chi connectivity index (χ2n) is 5.40. The summed E-state index contributed by atoms with van der Waals surface area (Å²) in [6.45, 7) is 4.62. The molecule has 0 bridgehead atoms. The topological polar surface area (TPSA) is 103 Å². The van der Waals surface area contributed by atoms with Gasteiger partial charge in [0.2, 0.25) is 0 Å². The Balaban J connectivity index is 1.96. The van der Waals surface area contributed by atoms with Crippen molar-refractivity contribution in [2.24, 2.45) is 11.6 Å². The summed E-state index contributed by atoms with van der Waals surface area (Å²) in [7, 11) is 0. The Morgan fingerprint density at radius 1 is 1.47 bits per heavy atom. The van der Waals surface area contributed by atoms with Crippen molar-refractivity contribution in [1.82, 2.24) is 5.01 Å². The summed E-state index contributed by atoms with van der Waals surface area (Å²) < 4.78 is 17.4. The van der Waals surface area contributed by atoms with Crippen molar-refractivity contribution in [3.8, 4) is 0 Å². The minimum Gasteiger partial charge on any atom is -0.399 e. The molecule has 19 heavy (non-hydrogen) atoms. The summed E-state index contributed by atoms with van der Waals surface area (Å²) in [6.07, 6.45) is 2.06. The van der Waals surface area contributed by atoms with E-state index in [1.807, 2.05) is 13.8 Å². The Morgan fingerprint density at radius 2 is 2.21 bits per heavy atom. The molecule has 0 aromatic rings. The number of rotatable bonds is 4. The summed E-state index contributed by atoms with van der Waals surface area (Å²) in [5.41, 5.74) is 5.83. The average molecular weight is 273 g/mol. The molecule has 2 aliphatic rings. The van der Waals surface area contributed by atoms with E-state index in [4.69, 9.17) is 30.9 Å². The second-order valence-corrected chi connectivity index (χ2v) is 5.40. The highest BCUT2D eigenvalue weighted by Crippen LogP contribution is 2.35. The Hall–Kier alpha value is -0.860. The lowest BCUT2D eigenvalue weighted by atomic mass is 10.0. The maximum Gasteiger partial charge on any atom is 0.163 e. The van der Waals surface area contributed by atoms with Crippen LogP contribution in [0.2, 0.25) is 0 Å². The van der Waals surface area contributed by atoms with Crippen LogP contribution in [0.15, 0.2) is 11.9 Å². The summed E-state index contributed by atoms with van der Waals surface area (Å²) in [6, 6.07) is 0. The van der Waals surface area contributed by atoms with Gasteiger partial charge in [-0.25, -0.2) is 5.84 Å². The molecule has 0 aliphatic carbocycles. The average Bonchev–Trinajstić information content (AvgIpc) is 2.64. The first kappa shape index (κ1) is 14.5. The van der Waals surface area contributed by atoms with E-state index in [0.29, 0.717) is 18.8 Å². The van der Waals surface area contributed by atoms with Gasteiger partial charge in [-0.15, -0.1) is 0 Å². The fraction of sp³-hybridized carbons (Fsp3) is 0.833. The van der Waals surface area contributed by atoms with Crippen LogP contribution in [0.1, 0.15) is 20.3 Å². The van der Waals surface area contributed by atoms with Gasteiger partial charge in [0.05, 0.1) is 25.0 Å². The number of fused-ring (bicyclic) bond motifs is 1. The third kappa shape index (κ3) is 3.58. The largest absolute Gasteiger partial charge is 0.399 e. The minimum absolute atomic E-state index is 0.0429.